The van der Waals surface area contributed by atoms with Crippen LogP contribution >= 0.6 is 0 Å². The molecule has 21 heavy (non-hydrogen) atoms. The summed E-state index contributed by atoms with van der Waals surface area (Å²) in [6.07, 6.45) is 9.12. The van der Waals surface area contributed by atoms with E-state index < -0.39 is 0 Å². The Bertz CT molecular complexity index is 398. The van der Waals surface area contributed by atoms with Crippen molar-refractivity contribution in [1.29, 1.82) is 0 Å². The summed E-state index contributed by atoms with van der Waals surface area (Å²) in [5.41, 5.74) is 2.83. The molecule has 1 heterocycles. The molecule has 118 valence electrons. The molecule has 1 fully saturated rings. The van der Waals surface area contributed by atoms with Gasteiger partial charge in [-0.25, -0.2) is 0 Å². The van der Waals surface area contributed by atoms with Crippen LogP contribution in [0.2, 0.25) is 0 Å². The number of rotatable bonds is 9. The van der Waals surface area contributed by atoms with Gasteiger partial charge in [0, 0.05) is 12.6 Å². The molecule has 2 unspecified atom stereocenters. The summed E-state index contributed by atoms with van der Waals surface area (Å²) in [4.78, 5) is 0. The van der Waals surface area contributed by atoms with E-state index in [1.54, 1.807) is 0 Å². The standard InChI is InChI=1S/C19H31NO/c1-3-13-20-18(11-12-19-8-5-14-21-19)10-9-17-7-4-6-16(2)15-17/h4,6-7,15,18-20H,3,5,8-14H2,1-2H3. The third kappa shape index (κ3) is 6.19. The number of nitrogens with one attached hydrogen (secondary N) is 1. The fourth-order valence-electron chi connectivity index (χ4n) is 3.16. The minimum atomic E-state index is 0.523. The maximum absolute atomic E-state index is 5.76. The number of benzene rings is 1. The van der Waals surface area contributed by atoms with Gasteiger partial charge in [-0.05, 0) is 64.0 Å². The Kier molecular flexibility index (Phi) is 7.25. The van der Waals surface area contributed by atoms with Gasteiger partial charge in [-0.2, -0.15) is 0 Å². The van der Waals surface area contributed by atoms with Crippen LogP contribution in [0.1, 0.15) is 56.6 Å². The summed E-state index contributed by atoms with van der Waals surface area (Å²) in [6, 6.07) is 9.55. The highest BCUT2D eigenvalue weighted by Gasteiger charge is 2.17. The molecular formula is C19H31NO. The van der Waals surface area contributed by atoms with Crippen LogP contribution in [0, 0.1) is 6.92 Å². The fourth-order valence-corrected chi connectivity index (χ4v) is 3.16. The first kappa shape index (κ1) is 16.5. The third-order valence-corrected chi connectivity index (χ3v) is 4.41. The average molecular weight is 289 g/mol. The molecule has 1 aliphatic heterocycles. The van der Waals surface area contributed by atoms with Gasteiger partial charge < -0.3 is 10.1 Å². The summed E-state index contributed by atoms with van der Waals surface area (Å²) < 4.78 is 5.76. The van der Waals surface area contributed by atoms with Crippen molar-refractivity contribution in [2.24, 2.45) is 0 Å². The number of ether oxygens (including phenoxy) is 1. The lowest BCUT2D eigenvalue weighted by Crippen LogP contribution is -2.31. The van der Waals surface area contributed by atoms with Crippen LogP contribution in [0.25, 0.3) is 0 Å². The van der Waals surface area contributed by atoms with Crippen molar-refractivity contribution in [2.75, 3.05) is 13.2 Å². The monoisotopic (exact) mass is 289 g/mol. The second-order valence-electron chi connectivity index (χ2n) is 6.39. The Labute approximate surface area is 130 Å². The zero-order chi connectivity index (χ0) is 14.9. The van der Waals surface area contributed by atoms with E-state index >= 15 is 0 Å². The maximum atomic E-state index is 5.76. The lowest BCUT2D eigenvalue weighted by atomic mass is 9.98. The molecule has 1 aliphatic rings. The van der Waals surface area contributed by atoms with Crippen molar-refractivity contribution in [3.05, 3.63) is 35.4 Å². The SMILES string of the molecule is CCCNC(CCc1cccc(C)c1)CCC1CCCO1. The Morgan fingerprint density at radius 1 is 1.33 bits per heavy atom. The first-order valence-electron chi connectivity index (χ1n) is 8.68. The van der Waals surface area contributed by atoms with Gasteiger partial charge in [0.2, 0.25) is 0 Å². The van der Waals surface area contributed by atoms with E-state index in [1.807, 2.05) is 0 Å². The molecule has 0 spiro atoms. The topological polar surface area (TPSA) is 21.3 Å². The molecule has 0 aromatic heterocycles. The Morgan fingerprint density at radius 2 is 2.24 bits per heavy atom. The third-order valence-electron chi connectivity index (χ3n) is 4.41. The van der Waals surface area contributed by atoms with Crippen LogP contribution in [0.15, 0.2) is 24.3 Å². The molecule has 1 N–H and O–H groups in total. The summed E-state index contributed by atoms with van der Waals surface area (Å²) in [6.45, 7) is 6.52. The number of hydrogen-bond acceptors (Lipinski definition) is 2. The highest BCUT2D eigenvalue weighted by Crippen LogP contribution is 2.19. The van der Waals surface area contributed by atoms with E-state index in [2.05, 4.69) is 43.4 Å². The number of hydrogen-bond donors (Lipinski definition) is 1. The highest BCUT2D eigenvalue weighted by molar-refractivity contribution is 5.22. The van der Waals surface area contributed by atoms with Crippen molar-refractivity contribution in [3.8, 4) is 0 Å². The van der Waals surface area contributed by atoms with E-state index in [0.717, 1.165) is 13.2 Å². The van der Waals surface area contributed by atoms with Crippen LogP contribution in [-0.2, 0) is 11.2 Å². The number of aryl methyl sites for hydroxylation is 2. The van der Waals surface area contributed by atoms with Crippen molar-refractivity contribution in [2.45, 2.75) is 70.9 Å². The van der Waals surface area contributed by atoms with Crippen LogP contribution in [0.5, 0.6) is 0 Å². The smallest absolute Gasteiger partial charge is 0.0576 e. The van der Waals surface area contributed by atoms with Gasteiger partial charge in [-0.3, -0.25) is 0 Å². The molecule has 1 aromatic carbocycles. The van der Waals surface area contributed by atoms with Crippen LogP contribution in [-0.4, -0.2) is 25.3 Å². The summed E-state index contributed by atoms with van der Waals surface area (Å²) in [5, 5.41) is 3.72. The van der Waals surface area contributed by atoms with Crippen LogP contribution in [0.4, 0.5) is 0 Å². The molecule has 0 radical (unpaired) electrons. The second-order valence-corrected chi connectivity index (χ2v) is 6.39. The molecule has 2 atom stereocenters. The maximum Gasteiger partial charge on any atom is 0.0576 e. The predicted molar refractivity (Wildman–Crippen MR) is 89.8 cm³/mol. The van der Waals surface area contributed by atoms with Crippen molar-refractivity contribution >= 4 is 0 Å². The molecule has 2 rings (SSSR count). The molecule has 2 nitrogen and oxygen atoms in total. The molecular weight excluding hydrogens is 258 g/mol. The lowest BCUT2D eigenvalue weighted by molar-refractivity contribution is 0.0993. The zero-order valence-electron chi connectivity index (χ0n) is 13.7. The molecule has 0 saturated carbocycles. The average Bonchev–Trinajstić information content (AvgIpc) is 3.00. The summed E-state index contributed by atoms with van der Waals surface area (Å²) in [5.74, 6) is 0. The molecule has 1 aromatic rings. The van der Waals surface area contributed by atoms with Gasteiger partial charge in [0.1, 0.15) is 0 Å². The van der Waals surface area contributed by atoms with Gasteiger partial charge in [0.15, 0.2) is 0 Å². The predicted octanol–water partition coefficient (Wildman–Crippen LogP) is 4.26. The molecule has 2 heteroatoms. The quantitative estimate of drug-likeness (QED) is 0.733. The molecule has 1 saturated heterocycles. The molecule has 0 bridgehead atoms. The van der Waals surface area contributed by atoms with E-state index in [0.29, 0.717) is 12.1 Å². The van der Waals surface area contributed by atoms with E-state index in [1.165, 1.54) is 56.1 Å². The second kappa shape index (κ2) is 9.22. The first-order valence-corrected chi connectivity index (χ1v) is 8.68. The van der Waals surface area contributed by atoms with Crippen LogP contribution in [0.3, 0.4) is 0 Å². The Morgan fingerprint density at radius 3 is 2.95 bits per heavy atom. The fraction of sp³-hybridized carbons (Fsp3) is 0.684. The zero-order valence-corrected chi connectivity index (χ0v) is 13.7. The van der Waals surface area contributed by atoms with Gasteiger partial charge in [-0.15, -0.1) is 0 Å². The highest BCUT2D eigenvalue weighted by atomic mass is 16.5. The largest absolute Gasteiger partial charge is 0.378 e. The minimum Gasteiger partial charge on any atom is -0.378 e. The van der Waals surface area contributed by atoms with Crippen molar-refractivity contribution < 1.29 is 4.74 Å². The normalized spacial score (nSPS) is 19.8. The van der Waals surface area contributed by atoms with E-state index in [4.69, 9.17) is 4.74 Å². The van der Waals surface area contributed by atoms with E-state index in [-0.39, 0.29) is 0 Å². The summed E-state index contributed by atoms with van der Waals surface area (Å²) in [7, 11) is 0. The van der Waals surface area contributed by atoms with E-state index in [9.17, 15) is 0 Å². The van der Waals surface area contributed by atoms with Gasteiger partial charge in [-0.1, -0.05) is 36.8 Å². The molecule has 0 aliphatic carbocycles. The van der Waals surface area contributed by atoms with Gasteiger partial charge >= 0.3 is 0 Å². The summed E-state index contributed by atoms with van der Waals surface area (Å²) >= 11 is 0. The van der Waals surface area contributed by atoms with Gasteiger partial charge in [0.25, 0.3) is 0 Å². The van der Waals surface area contributed by atoms with Gasteiger partial charge in [0.05, 0.1) is 6.10 Å². The Hall–Kier alpha value is -0.860. The van der Waals surface area contributed by atoms with Crippen molar-refractivity contribution in [3.63, 3.8) is 0 Å². The minimum absolute atomic E-state index is 0.523. The lowest BCUT2D eigenvalue weighted by Gasteiger charge is -2.20. The molecule has 0 amide bonds. The Balaban J connectivity index is 1.77. The van der Waals surface area contributed by atoms with Crippen molar-refractivity contribution in [1.82, 2.24) is 5.32 Å². The first-order chi connectivity index (χ1) is 10.3. The van der Waals surface area contributed by atoms with Crippen LogP contribution < -0.4 is 5.32 Å².